The van der Waals surface area contributed by atoms with E-state index in [0.717, 1.165) is 17.2 Å². The molecule has 18 heavy (non-hydrogen) atoms. The fraction of sp³-hybridized carbons (Fsp3) is 0.200. The standard InChI is InChI=1S/C15H15F2N/c1-10-3-5-11(6-4-10)15(18-2)13-8-7-12(16)9-14(13)17/h3-9,15,18H,1-2H3. The molecule has 0 aliphatic rings. The number of nitrogens with one attached hydrogen (secondary N) is 1. The maximum atomic E-state index is 13.8. The maximum Gasteiger partial charge on any atom is 0.131 e. The van der Waals surface area contributed by atoms with Crippen LogP contribution in [0.15, 0.2) is 42.5 Å². The van der Waals surface area contributed by atoms with Gasteiger partial charge in [0.2, 0.25) is 0 Å². The van der Waals surface area contributed by atoms with Crippen molar-refractivity contribution in [3.63, 3.8) is 0 Å². The Morgan fingerprint density at radius 3 is 2.22 bits per heavy atom. The molecule has 2 rings (SSSR count). The van der Waals surface area contributed by atoms with Crippen molar-refractivity contribution in [1.82, 2.24) is 5.32 Å². The third kappa shape index (κ3) is 2.57. The van der Waals surface area contributed by atoms with Crippen molar-refractivity contribution in [2.75, 3.05) is 7.05 Å². The lowest BCUT2D eigenvalue weighted by Crippen LogP contribution is -2.19. The molecule has 0 aromatic heterocycles. The summed E-state index contributed by atoms with van der Waals surface area (Å²) in [6.45, 7) is 2.00. The Bertz CT molecular complexity index is 535. The van der Waals surface area contributed by atoms with Gasteiger partial charge in [-0.25, -0.2) is 8.78 Å². The molecule has 94 valence electrons. The van der Waals surface area contributed by atoms with Gasteiger partial charge in [-0.1, -0.05) is 35.9 Å². The highest BCUT2D eigenvalue weighted by Crippen LogP contribution is 2.24. The molecule has 0 spiro atoms. The summed E-state index contributed by atoms with van der Waals surface area (Å²) in [4.78, 5) is 0. The number of aryl methyl sites for hydroxylation is 1. The molecule has 0 radical (unpaired) electrons. The van der Waals surface area contributed by atoms with E-state index in [-0.39, 0.29) is 6.04 Å². The van der Waals surface area contributed by atoms with E-state index in [4.69, 9.17) is 0 Å². The number of hydrogen-bond acceptors (Lipinski definition) is 1. The molecule has 0 aliphatic carbocycles. The van der Waals surface area contributed by atoms with Crippen LogP contribution in [0.3, 0.4) is 0 Å². The van der Waals surface area contributed by atoms with E-state index < -0.39 is 11.6 Å². The maximum absolute atomic E-state index is 13.8. The quantitative estimate of drug-likeness (QED) is 0.874. The van der Waals surface area contributed by atoms with Gasteiger partial charge in [0.15, 0.2) is 0 Å². The van der Waals surface area contributed by atoms with E-state index in [1.165, 1.54) is 12.1 Å². The first kappa shape index (κ1) is 12.7. The fourth-order valence-corrected chi connectivity index (χ4v) is 2.00. The van der Waals surface area contributed by atoms with Crippen molar-refractivity contribution >= 4 is 0 Å². The Labute approximate surface area is 105 Å². The molecule has 0 aliphatic heterocycles. The van der Waals surface area contributed by atoms with Gasteiger partial charge in [0.1, 0.15) is 11.6 Å². The molecule has 1 nitrogen and oxygen atoms in total. The van der Waals surface area contributed by atoms with Crippen molar-refractivity contribution in [3.8, 4) is 0 Å². The highest BCUT2D eigenvalue weighted by atomic mass is 19.1. The minimum absolute atomic E-state index is 0.272. The first-order chi connectivity index (χ1) is 8.61. The van der Waals surface area contributed by atoms with Crippen LogP contribution in [0, 0.1) is 18.6 Å². The zero-order valence-corrected chi connectivity index (χ0v) is 10.4. The van der Waals surface area contributed by atoms with Crippen LogP contribution in [0.5, 0.6) is 0 Å². The van der Waals surface area contributed by atoms with Gasteiger partial charge < -0.3 is 5.32 Å². The second kappa shape index (κ2) is 5.27. The third-order valence-electron chi connectivity index (χ3n) is 2.97. The average molecular weight is 247 g/mol. The molecular formula is C15H15F2N. The number of benzene rings is 2. The predicted molar refractivity (Wildman–Crippen MR) is 68.4 cm³/mol. The van der Waals surface area contributed by atoms with Crippen molar-refractivity contribution in [1.29, 1.82) is 0 Å². The van der Waals surface area contributed by atoms with Crippen LogP contribution in [-0.4, -0.2) is 7.05 Å². The van der Waals surface area contributed by atoms with Gasteiger partial charge >= 0.3 is 0 Å². The number of halogens is 2. The van der Waals surface area contributed by atoms with E-state index in [9.17, 15) is 8.78 Å². The summed E-state index contributed by atoms with van der Waals surface area (Å²) in [6, 6.07) is 11.2. The molecule has 2 aromatic rings. The highest BCUT2D eigenvalue weighted by Gasteiger charge is 2.16. The van der Waals surface area contributed by atoms with Crippen LogP contribution in [0.25, 0.3) is 0 Å². The smallest absolute Gasteiger partial charge is 0.131 e. The molecule has 1 unspecified atom stereocenters. The van der Waals surface area contributed by atoms with E-state index in [0.29, 0.717) is 5.56 Å². The molecule has 1 atom stereocenters. The van der Waals surface area contributed by atoms with Gasteiger partial charge in [0.25, 0.3) is 0 Å². The van der Waals surface area contributed by atoms with Gasteiger partial charge in [-0.3, -0.25) is 0 Å². The summed E-state index contributed by atoms with van der Waals surface area (Å²) in [5.74, 6) is -1.09. The van der Waals surface area contributed by atoms with Crippen LogP contribution < -0.4 is 5.32 Å². The van der Waals surface area contributed by atoms with Gasteiger partial charge in [-0.15, -0.1) is 0 Å². The molecule has 1 N–H and O–H groups in total. The van der Waals surface area contributed by atoms with Crippen LogP contribution in [0.4, 0.5) is 8.78 Å². The minimum Gasteiger partial charge on any atom is -0.309 e. The van der Waals surface area contributed by atoms with Gasteiger partial charge in [0.05, 0.1) is 6.04 Å². The largest absolute Gasteiger partial charge is 0.309 e. The Morgan fingerprint density at radius 2 is 1.67 bits per heavy atom. The predicted octanol–water partition coefficient (Wildman–Crippen LogP) is 3.58. The monoisotopic (exact) mass is 247 g/mol. The summed E-state index contributed by atoms with van der Waals surface area (Å²) < 4.78 is 26.7. The average Bonchev–Trinajstić information content (AvgIpc) is 2.35. The zero-order chi connectivity index (χ0) is 13.1. The zero-order valence-electron chi connectivity index (χ0n) is 10.4. The second-order valence-corrected chi connectivity index (χ2v) is 4.30. The Hall–Kier alpha value is -1.74. The van der Waals surface area contributed by atoms with E-state index >= 15 is 0 Å². The summed E-state index contributed by atoms with van der Waals surface area (Å²) in [5, 5.41) is 3.05. The van der Waals surface area contributed by atoms with Crippen molar-refractivity contribution < 1.29 is 8.78 Å². The van der Waals surface area contributed by atoms with E-state index in [1.807, 2.05) is 31.2 Å². The molecule has 0 fully saturated rings. The molecule has 0 heterocycles. The molecule has 3 heteroatoms. The first-order valence-corrected chi connectivity index (χ1v) is 5.80. The van der Waals surface area contributed by atoms with Crippen molar-refractivity contribution in [2.45, 2.75) is 13.0 Å². The minimum atomic E-state index is -0.560. The lowest BCUT2D eigenvalue weighted by Gasteiger charge is -2.18. The van der Waals surface area contributed by atoms with Gasteiger partial charge in [0, 0.05) is 11.6 Å². The Kier molecular flexibility index (Phi) is 3.72. The molecular weight excluding hydrogens is 232 g/mol. The number of rotatable bonds is 3. The summed E-state index contributed by atoms with van der Waals surface area (Å²) >= 11 is 0. The van der Waals surface area contributed by atoms with Crippen molar-refractivity contribution in [2.24, 2.45) is 0 Å². The van der Waals surface area contributed by atoms with Crippen LogP contribution in [0.1, 0.15) is 22.7 Å². The molecule has 0 amide bonds. The lowest BCUT2D eigenvalue weighted by atomic mass is 9.97. The van der Waals surface area contributed by atoms with E-state index in [1.54, 1.807) is 7.05 Å². The fourth-order valence-electron chi connectivity index (χ4n) is 2.00. The van der Waals surface area contributed by atoms with Crippen LogP contribution in [-0.2, 0) is 0 Å². The lowest BCUT2D eigenvalue weighted by molar-refractivity contribution is 0.552. The molecule has 0 bridgehead atoms. The summed E-state index contributed by atoms with van der Waals surface area (Å²) in [5.41, 5.74) is 2.55. The highest BCUT2D eigenvalue weighted by molar-refractivity contribution is 5.34. The number of hydrogen-bond donors (Lipinski definition) is 1. The molecule has 2 aromatic carbocycles. The Balaban J connectivity index is 2.41. The Morgan fingerprint density at radius 1 is 1.00 bits per heavy atom. The second-order valence-electron chi connectivity index (χ2n) is 4.30. The van der Waals surface area contributed by atoms with Gasteiger partial charge in [-0.2, -0.15) is 0 Å². The van der Waals surface area contributed by atoms with E-state index in [2.05, 4.69) is 5.32 Å². The van der Waals surface area contributed by atoms with Crippen LogP contribution in [0.2, 0.25) is 0 Å². The molecule has 0 saturated heterocycles. The van der Waals surface area contributed by atoms with Gasteiger partial charge in [-0.05, 0) is 25.6 Å². The SMILES string of the molecule is CNC(c1ccc(C)cc1)c1ccc(F)cc1F. The van der Waals surface area contributed by atoms with Crippen LogP contribution >= 0.6 is 0 Å². The normalized spacial score (nSPS) is 12.4. The third-order valence-corrected chi connectivity index (χ3v) is 2.97. The first-order valence-electron chi connectivity index (χ1n) is 5.80. The summed E-state index contributed by atoms with van der Waals surface area (Å²) in [7, 11) is 1.76. The van der Waals surface area contributed by atoms with Crippen molar-refractivity contribution in [3.05, 3.63) is 70.8 Å². The summed E-state index contributed by atoms with van der Waals surface area (Å²) in [6.07, 6.45) is 0. The topological polar surface area (TPSA) is 12.0 Å². The molecule has 0 saturated carbocycles.